The first-order chi connectivity index (χ1) is 13.9. The van der Waals surface area contributed by atoms with Crippen molar-refractivity contribution in [2.75, 3.05) is 11.5 Å². The van der Waals surface area contributed by atoms with Gasteiger partial charge in [0.2, 0.25) is 17.6 Å². The smallest absolute Gasteiger partial charge is 0.338 e. The molecular weight excluding hydrogens is 372 g/mol. The molecule has 29 heavy (non-hydrogen) atoms. The number of ether oxygens (including phenoxy) is 1. The molecular formula is C22H22N2O5. The number of anilines is 1. The van der Waals surface area contributed by atoms with E-state index in [0.29, 0.717) is 17.3 Å². The molecule has 1 saturated heterocycles. The van der Waals surface area contributed by atoms with E-state index < -0.39 is 5.97 Å². The average Bonchev–Trinajstić information content (AvgIpc) is 3.41. The van der Waals surface area contributed by atoms with Crippen LogP contribution in [0.2, 0.25) is 0 Å². The lowest BCUT2D eigenvalue weighted by molar-refractivity contribution is -0.121. The van der Waals surface area contributed by atoms with Gasteiger partial charge in [-0.1, -0.05) is 6.07 Å². The lowest BCUT2D eigenvalue weighted by Gasteiger charge is -2.14. The van der Waals surface area contributed by atoms with E-state index >= 15 is 0 Å². The zero-order chi connectivity index (χ0) is 20.7. The molecule has 1 aromatic carbocycles. The SMILES string of the molecule is Cc1cc(C(=O)COC(=O)c2cccc(N3C(=O)CCC3=O)c2)c(C)n1C1CC1. The van der Waals surface area contributed by atoms with Gasteiger partial charge in [0.1, 0.15) is 0 Å². The van der Waals surface area contributed by atoms with Crippen molar-refractivity contribution in [3.63, 3.8) is 0 Å². The van der Waals surface area contributed by atoms with Crippen LogP contribution in [-0.4, -0.2) is 34.7 Å². The molecule has 2 amide bonds. The van der Waals surface area contributed by atoms with Crippen LogP contribution in [0.4, 0.5) is 5.69 Å². The summed E-state index contributed by atoms with van der Waals surface area (Å²) in [6.07, 6.45) is 2.58. The normalized spacial score (nSPS) is 16.4. The highest BCUT2D eigenvalue weighted by molar-refractivity contribution is 6.20. The van der Waals surface area contributed by atoms with Crippen LogP contribution in [-0.2, 0) is 14.3 Å². The third kappa shape index (κ3) is 3.60. The van der Waals surface area contributed by atoms with E-state index in [0.717, 1.165) is 29.1 Å². The van der Waals surface area contributed by atoms with Crippen LogP contribution in [0.3, 0.4) is 0 Å². The minimum atomic E-state index is -0.671. The lowest BCUT2D eigenvalue weighted by Crippen LogP contribution is -2.28. The quantitative estimate of drug-likeness (QED) is 0.427. The predicted molar refractivity (Wildman–Crippen MR) is 105 cm³/mol. The number of amides is 2. The molecule has 1 saturated carbocycles. The largest absolute Gasteiger partial charge is 0.454 e. The van der Waals surface area contributed by atoms with Gasteiger partial charge in [0.25, 0.3) is 0 Å². The van der Waals surface area contributed by atoms with Crippen LogP contribution < -0.4 is 4.90 Å². The van der Waals surface area contributed by atoms with E-state index in [1.54, 1.807) is 12.1 Å². The van der Waals surface area contributed by atoms with E-state index in [1.165, 1.54) is 12.1 Å². The summed E-state index contributed by atoms with van der Waals surface area (Å²) in [7, 11) is 0. The number of nitrogens with zero attached hydrogens (tertiary/aromatic N) is 2. The second kappa shape index (κ2) is 7.31. The van der Waals surface area contributed by atoms with Gasteiger partial charge >= 0.3 is 5.97 Å². The molecule has 0 radical (unpaired) electrons. The number of rotatable bonds is 6. The van der Waals surface area contributed by atoms with E-state index in [1.807, 2.05) is 19.9 Å². The molecule has 2 fully saturated rings. The minimum absolute atomic E-state index is 0.168. The molecule has 4 rings (SSSR count). The molecule has 2 aliphatic rings. The Morgan fingerprint density at radius 3 is 2.41 bits per heavy atom. The lowest BCUT2D eigenvalue weighted by atomic mass is 10.1. The van der Waals surface area contributed by atoms with E-state index in [-0.39, 0.29) is 42.6 Å². The van der Waals surface area contributed by atoms with Crippen LogP contribution >= 0.6 is 0 Å². The van der Waals surface area contributed by atoms with Crippen LogP contribution in [0.25, 0.3) is 0 Å². The van der Waals surface area contributed by atoms with Gasteiger partial charge in [0.05, 0.1) is 11.3 Å². The summed E-state index contributed by atoms with van der Waals surface area (Å²) in [6.45, 7) is 3.52. The monoisotopic (exact) mass is 394 g/mol. The highest BCUT2D eigenvalue weighted by atomic mass is 16.5. The number of Topliss-reactive ketones (excluding diaryl/α,β-unsaturated/α-hetero) is 1. The van der Waals surface area contributed by atoms with Gasteiger partial charge in [0, 0.05) is 35.8 Å². The van der Waals surface area contributed by atoms with Gasteiger partial charge in [-0.2, -0.15) is 0 Å². The molecule has 1 aliphatic heterocycles. The van der Waals surface area contributed by atoms with Gasteiger partial charge in [0.15, 0.2) is 6.61 Å². The molecule has 7 heteroatoms. The standard InChI is InChI=1S/C22H22N2O5/c1-13-10-18(14(2)23(13)16-6-7-16)19(25)12-29-22(28)15-4-3-5-17(11-15)24-20(26)8-9-21(24)27/h3-5,10-11,16H,6-9,12H2,1-2H3. The minimum Gasteiger partial charge on any atom is -0.454 e. The zero-order valence-electron chi connectivity index (χ0n) is 16.4. The summed E-state index contributed by atoms with van der Waals surface area (Å²) in [6, 6.07) is 8.45. The first-order valence-electron chi connectivity index (χ1n) is 9.71. The Bertz CT molecular complexity index is 1020. The summed E-state index contributed by atoms with van der Waals surface area (Å²) >= 11 is 0. The van der Waals surface area contributed by atoms with Crippen LogP contribution in [0.1, 0.15) is 63.8 Å². The van der Waals surface area contributed by atoms with Gasteiger partial charge in [-0.15, -0.1) is 0 Å². The number of benzene rings is 1. The number of aryl methyl sites for hydroxylation is 1. The number of imide groups is 1. The van der Waals surface area contributed by atoms with Crippen molar-refractivity contribution in [1.29, 1.82) is 0 Å². The molecule has 7 nitrogen and oxygen atoms in total. The Morgan fingerprint density at radius 1 is 1.07 bits per heavy atom. The van der Waals surface area contributed by atoms with Gasteiger partial charge in [-0.25, -0.2) is 4.79 Å². The number of hydrogen-bond acceptors (Lipinski definition) is 5. The van der Waals surface area contributed by atoms with Gasteiger partial charge in [-0.3, -0.25) is 19.3 Å². The average molecular weight is 394 g/mol. The third-order valence-corrected chi connectivity index (χ3v) is 5.42. The van der Waals surface area contributed by atoms with Crippen molar-refractivity contribution in [1.82, 2.24) is 4.57 Å². The van der Waals surface area contributed by atoms with Crippen molar-refractivity contribution >= 4 is 29.3 Å². The fraction of sp³-hybridized carbons (Fsp3) is 0.364. The van der Waals surface area contributed by atoms with Crippen LogP contribution in [0.15, 0.2) is 30.3 Å². The number of esters is 1. The number of carbonyl (C=O) groups is 4. The summed E-state index contributed by atoms with van der Waals surface area (Å²) in [5.74, 6) is -1.50. The molecule has 1 aromatic heterocycles. The molecule has 150 valence electrons. The fourth-order valence-electron chi connectivity index (χ4n) is 3.88. The maximum atomic E-state index is 12.6. The van der Waals surface area contributed by atoms with E-state index in [4.69, 9.17) is 4.74 Å². The van der Waals surface area contributed by atoms with Crippen molar-refractivity contribution in [2.24, 2.45) is 0 Å². The van der Waals surface area contributed by atoms with E-state index in [2.05, 4.69) is 4.57 Å². The van der Waals surface area contributed by atoms with Crippen molar-refractivity contribution in [2.45, 2.75) is 45.6 Å². The van der Waals surface area contributed by atoms with Gasteiger partial charge < -0.3 is 9.30 Å². The summed E-state index contributed by atoms with van der Waals surface area (Å²) in [4.78, 5) is 49.9. The molecule has 0 unspecified atom stereocenters. The van der Waals surface area contributed by atoms with Crippen LogP contribution in [0, 0.1) is 13.8 Å². The second-order valence-electron chi connectivity index (χ2n) is 7.56. The molecule has 2 heterocycles. The van der Waals surface area contributed by atoms with E-state index in [9.17, 15) is 19.2 Å². The number of ketones is 1. The fourth-order valence-corrected chi connectivity index (χ4v) is 3.88. The molecule has 0 N–H and O–H groups in total. The Morgan fingerprint density at radius 2 is 1.76 bits per heavy atom. The Labute approximate surface area is 168 Å². The second-order valence-corrected chi connectivity index (χ2v) is 7.56. The van der Waals surface area contributed by atoms with Crippen molar-refractivity contribution < 1.29 is 23.9 Å². The van der Waals surface area contributed by atoms with Crippen LogP contribution in [0.5, 0.6) is 0 Å². The summed E-state index contributed by atoms with van der Waals surface area (Å²) < 4.78 is 7.38. The van der Waals surface area contributed by atoms with Crippen molar-refractivity contribution in [3.05, 3.63) is 52.8 Å². The summed E-state index contributed by atoms with van der Waals surface area (Å²) in [5, 5.41) is 0. The highest BCUT2D eigenvalue weighted by Gasteiger charge is 2.31. The zero-order valence-corrected chi connectivity index (χ0v) is 16.4. The predicted octanol–water partition coefficient (Wildman–Crippen LogP) is 3.13. The van der Waals surface area contributed by atoms with Crippen molar-refractivity contribution in [3.8, 4) is 0 Å². The number of hydrogen-bond donors (Lipinski definition) is 0. The number of carbonyl (C=O) groups excluding carboxylic acids is 4. The molecule has 0 spiro atoms. The highest BCUT2D eigenvalue weighted by Crippen LogP contribution is 2.38. The Hall–Kier alpha value is -3.22. The summed E-state index contributed by atoms with van der Waals surface area (Å²) in [5.41, 5.74) is 3.04. The Kier molecular flexibility index (Phi) is 4.82. The molecule has 0 bridgehead atoms. The molecule has 0 atom stereocenters. The maximum Gasteiger partial charge on any atom is 0.338 e. The van der Waals surface area contributed by atoms with Gasteiger partial charge in [-0.05, 0) is 51.0 Å². The number of aromatic nitrogens is 1. The molecule has 1 aliphatic carbocycles. The third-order valence-electron chi connectivity index (χ3n) is 5.42. The molecule has 2 aromatic rings. The maximum absolute atomic E-state index is 12.6. The first kappa shape index (κ1) is 19.1. The first-order valence-corrected chi connectivity index (χ1v) is 9.71. The Balaban J connectivity index is 1.44. The topological polar surface area (TPSA) is 85.7 Å².